The van der Waals surface area contributed by atoms with Crippen LogP contribution < -0.4 is 10.1 Å². The van der Waals surface area contributed by atoms with Crippen LogP contribution in [0.3, 0.4) is 0 Å². The molecule has 0 unspecified atom stereocenters. The third kappa shape index (κ3) is 4.70. The Bertz CT molecular complexity index is 1170. The van der Waals surface area contributed by atoms with E-state index in [1.807, 2.05) is 35.3 Å². The fraction of sp³-hybridized carbons (Fsp3) is 0.444. The highest BCUT2D eigenvalue weighted by Crippen LogP contribution is 2.43. The molecule has 0 spiro atoms. The second-order valence-electron chi connectivity index (χ2n) is 9.16. The Labute approximate surface area is 211 Å². The maximum atomic E-state index is 13.7. The van der Waals surface area contributed by atoms with E-state index in [0.29, 0.717) is 26.3 Å². The van der Waals surface area contributed by atoms with Crippen LogP contribution in [0.1, 0.15) is 46.6 Å². The number of thiophene rings is 1. The van der Waals surface area contributed by atoms with E-state index in [-0.39, 0.29) is 12.1 Å². The fourth-order valence-electron chi connectivity index (χ4n) is 5.10. The third-order valence-electron chi connectivity index (χ3n) is 6.89. The molecule has 2 aliphatic heterocycles. The van der Waals surface area contributed by atoms with E-state index in [1.165, 1.54) is 21.0 Å². The second-order valence-corrected chi connectivity index (χ2v) is 10.2. The van der Waals surface area contributed by atoms with Crippen LogP contribution in [0.5, 0.6) is 5.75 Å². The zero-order valence-electron chi connectivity index (χ0n) is 20.8. The standard InChI is InChI=1S/C27H34N4O3S/c1-4-34-16-6-13-28-27(32)31-17-22-21-12-15-29(2)18-24(21)35-26(22)30-14-5-7-23(30)25(31)19-8-10-20(33-3)11-9-19/h5,7-11,14,25H,4,6,12-13,15-18H2,1-3H3,(H,28,32)/t25-/m0/s1. The molecular weight excluding hydrogens is 460 g/mol. The molecule has 0 fully saturated rings. The zero-order chi connectivity index (χ0) is 24.4. The Kier molecular flexibility index (Phi) is 7.13. The minimum Gasteiger partial charge on any atom is -0.497 e. The number of aromatic nitrogens is 1. The lowest BCUT2D eigenvalue weighted by atomic mass is 10.00. The number of likely N-dealkylation sites (N-methyl/N-ethyl adjacent to an activating group) is 1. The Morgan fingerprint density at radius 2 is 2.00 bits per heavy atom. The molecule has 3 aromatic rings. The number of fused-ring (bicyclic) bond motifs is 5. The summed E-state index contributed by atoms with van der Waals surface area (Å²) >= 11 is 1.87. The summed E-state index contributed by atoms with van der Waals surface area (Å²) < 4.78 is 13.1. The van der Waals surface area contributed by atoms with E-state index >= 15 is 0 Å². The van der Waals surface area contributed by atoms with Crippen molar-refractivity contribution >= 4 is 17.4 Å². The molecule has 8 heteroatoms. The van der Waals surface area contributed by atoms with Crippen molar-refractivity contribution in [1.82, 2.24) is 19.7 Å². The van der Waals surface area contributed by atoms with E-state index in [0.717, 1.165) is 42.9 Å². The van der Waals surface area contributed by atoms with Crippen molar-refractivity contribution in [1.29, 1.82) is 0 Å². The van der Waals surface area contributed by atoms with Crippen molar-refractivity contribution in [3.8, 4) is 10.8 Å². The topological polar surface area (TPSA) is 59.0 Å². The average Bonchev–Trinajstić information content (AvgIpc) is 3.45. The van der Waals surface area contributed by atoms with Crippen LogP contribution in [0, 0.1) is 0 Å². The number of carbonyl (C=O) groups excluding carboxylic acids is 1. The SMILES string of the molecule is CCOCCCNC(=O)N1Cc2c(sc3c2CCN(C)C3)-n2cccc2[C@@H]1c1ccc(OC)cc1. The number of nitrogens with one attached hydrogen (secondary N) is 1. The summed E-state index contributed by atoms with van der Waals surface area (Å²) in [6.45, 7) is 6.51. The van der Waals surface area contributed by atoms with Gasteiger partial charge in [0.15, 0.2) is 0 Å². The smallest absolute Gasteiger partial charge is 0.318 e. The molecule has 1 N–H and O–H groups in total. The van der Waals surface area contributed by atoms with Crippen LogP contribution in [0.15, 0.2) is 42.6 Å². The number of rotatable bonds is 7. The van der Waals surface area contributed by atoms with Crippen LogP contribution in [0.25, 0.3) is 5.00 Å². The summed E-state index contributed by atoms with van der Waals surface area (Å²) in [5, 5.41) is 4.41. The van der Waals surface area contributed by atoms with E-state index in [9.17, 15) is 4.79 Å². The van der Waals surface area contributed by atoms with Gasteiger partial charge in [-0.05, 0) is 62.2 Å². The number of carbonyl (C=O) groups is 1. The van der Waals surface area contributed by atoms with Crippen molar-refractivity contribution in [3.63, 3.8) is 0 Å². The lowest BCUT2D eigenvalue weighted by Gasteiger charge is -2.32. The number of hydrogen-bond acceptors (Lipinski definition) is 5. The van der Waals surface area contributed by atoms with Crippen LogP contribution in [-0.2, 0) is 24.2 Å². The summed E-state index contributed by atoms with van der Waals surface area (Å²) in [4.78, 5) is 19.5. The van der Waals surface area contributed by atoms with Crippen LogP contribution in [-0.4, -0.2) is 60.9 Å². The van der Waals surface area contributed by atoms with Gasteiger partial charge in [-0.15, -0.1) is 11.3 Å². The number of benzene rings is 1. The van der Waals surface area contributed by atoms with Crippen LogP contribution >= 0.6 is 11.3 Å². The molecule has 0 aliphatic carbocycles. The molecule has 1 aromatic carbocycles. The molecule has 186 valence electrons. The highest BCUT2D eigenvalue weighted by atomic mass is 32.1. The maximum absolute atomic E-state index is 13.7. The van der Waals surface area contributed by atoms with Crippen molar-refractivity contribution in [2.45, 2.75) is 38.9 Å². The quantitative estimate of drug-likeness (QED) is 0.489. The first-order chi connectivity index (χ1) is 17.1. The lowest BCUT2D eigenvalue weighted by Crippen LogP contribution is -2.42. The molecule has 2 amide bonds. The van der Waals surface area contributed by atoms with Crippen molar-refractivity contribution in [2.24, 2.45) is 0 Å². The summed E-state index contributed by atoms with van der Waals surface area (Å²) in [6.07, 6.45) is 3.95. The van der Waals surface area contributed by atoms with Gasteiger partial charge in [-0.2, -0.15) is 0 Å². The number of methoxy groups -OCH3 is 1. The Hall–Kier alpha value is -2.81. The molecule has 0 saturated heterocycles. The lowest BCUT2D eigenvalue weighted by molar-refractivity contribution is 0.143. The summed E-state index contributed by atoms with van der Waals surface area (Å²) in [5.74, 6) is 0.807. The van der Waals surface area contributed by atoms with Gasteiger partial charge in [-0.3, -0.25) is 0 Å². The van der Waals surface area contributed by atoms with Crippen LogP contribution in [0.4, 0.5) is 4.79 Å². The molecule has 0 radical (unpaired) electrons. The second kappa shape index (κ2) is 10.4. The first-order valence-corrected chi connectivity index (χ1v) is 13.2. The minimum absolute atomic E-state index is 0.0456. The normalized spacial score (nSPS) is 17.3. The average molecular weight is 495 g/mol. The minimum atomic E-state index is -0.204. The predicted octanol–water partition coefficient (Wildman–Crippen LogP) is 4.58. The molecular formula is C27H34N4O3S. The van der Waals surface area contributed by atoms with Gasteiger partial charge in [0, 0.05) is 49.5 Å². The first kappa shape index (κ1) is 23.9. The molecule has 0 saturated carbocycles. The van der Waals surface area contributed by atoms with Gasteiger partial charge in [0.1, 0.15) is 10.8 Å². The van der Waals surface area contributed by atoms with Gasteiger partial charge in [-0.25, -0.2) is 4.79 Å². The Balaban J connectivity index is 1.55. The number of urea groups is 1. The van der Waals surface area contributed by atoms with Gasteiger partial charge in [-0.1, -0.05) is 12.1 Å². The number of nitrogens with zero attached hydrogens (tertiary/aromatic N) is 3. The summed E-state index contributed by atoms with van der Waals surface area (Å²) in [6, 6.07) is 12.1. The summed E-state index contributed by atoms with van der Waals surface area (Å²) in [5.41, 5.74) is 4.88. The van der Waals surface area contributed by atoms with Gasteiger partial charge in [0.05, 0.1) is 25.4 Å². The van der Waals surface area contributed by atoms with Crippen molar-refractivity contribution in [3.05, 3.63) is 69.9 Å². The van der Waals surface area contributed by atoms with Gasteiger partial charge in [0.2, 0.25) is 0 Å². The Morgan fingerprint density at radius 3 is 2.77 bits per heavy atom. The van der Waals surface area contributed by atoms with E-state index < -0.39 is 0 Å². The molecule has 5 rings (SSSR count). The number of ether oxygens (including phenoxy) is 2. The Morgan fingerprint density at radius 1 is 1.17 bits per heavy atom. The van der Waals surface area contributed by atoms with E-state index in [4.69, 9.17) is 9.47 Å². The highest BCUT2D eigenvalue weighted by molar-refractivity contribution is 7.15. The third-order valence-corrected chi connectivity index (χ3v) is 8.15. The van der Waals surface area contributed by atoms with Crippen molar-refractivity contribution < 1.29 is 14.3 Å². The van der Waals surface area contributed by atoms with E-state index in [1.54, 1.807) is 7.11 Å². The monoisotopic (exact) mass is 494 g/mol. The zero-order valence-corrected chi connectivity index (χ0v) is 21.6. The first-order valence-electron chi connectivity index (χ1n) is 12.4. The number of hydrogen-bond donors (Lipinski definition) is 1. The molecule has 4 heterocycles. The summed E-state index contributed by atoms with van der Waals surface area (Å²) in [7, 11) is 3.85. The fourth-order valence-corrected chi connectivity index (χ4v) is 6.55. The molecule has 1 atom stereocenters. The van der Waals surface area contributed by atoms with Gasteiger partial charge in [0.25, 0.3) is 0 Å². The van der Waals surface area contributed by atoms with Crippen LogP contribution in [0.2, 0.25) is 0 Å². The van der Waals surface area contributed by atoms with E-state index in [2.05, 4.69) is 52.3 Å². The maximum Gasteiger partial charge on any atom is 0.318 e. The molecule has 0 bridgehead atoms. The predicted molar refractivity (Wildman–Crippen MR) is 139 cm³/mol. The van der Waals surface area contributed by atoms with Gasteiger partial charge < -0.3 is 29.2 Å². The molecule has 2 aromatic heterocycles. The molecule has 7 nitrogen and oxygen atoms in total. The number of amides is 2. The largest absolute Gasteiger partial charge is 0.497 e. The van der Waals surface area contributed by atoms with Gasteiger partial charge >= 0.3 is 6.03 Å². The molecule has 2 aliphatic rings. The van der Waals surface area contributed by atoms with Crippen molar-refractivity contribution in [2.75, 3.05) is 40.5 Å². The highest BCUT2D eigenvalue weighted by Gasteiger charge is 2.36. The molecule has 35 heavy (non-hydrogen) atoms.